The molecular formula is C38H36BrN3O5S. The second-order valence-electron chi connectivity index (χ2n) is 11.3. The van der Waals surface area contributed by atoms with E-state index in [1.54, 1.807) is 23.7 Å². The number of carbonyl (C=O) groups is 1. The maximum absolute atomic E-state index is 14.5. The van der Waals surface area contributed by atoms with Crippen LogP contribution in [0.25, 0.3) is 16.8 Å². The lowest BCUT2D eigenvalue weighted by atomic mass is 9.90. The summed E-state index contributed by atoms with van der Waals surface area (Å²) in [7, 11) is 3.20. The maximum atomic E-state index is 14.5. The summed E-state index contributed by atoms with van der Waals surface area (Å²) in [4.78, 5) is 35.8. The van der Waals surface area contributed by atoms with Gasteiger partial charge in [0, 0.05) is 18.7 Å². The molecule has 10 heteroatoms. The summed E-state index contributed by atoms with van der Waals surface area (Å²) in [5.41, 5.74) is 3.29. The fraction of sp³-hybridized carbons (Fsp3) is 0.237. The number of fused-ring (bicyclic) bond motifs is 2. The number of amides is 1. The second kappa shape index (κ2) is 14.2. The number of hydrogen-bond donors (Lipinski definition) is 0. The third kappa shape index (κ3) is 6.18. The smallest absolute Gasteiger partial charge is 0.271 e. The van der Waals surface area contributed by atoms with Crippen LogP contribution in [0, 0.1) is 0 Å². The van der Waals surface area contributed by atoms with Crippen LogP contribution in [0.3, 0.4) is 0 Å². The van der Waals surface area contributed by atoms with Gasteiger partial charge in [-0.15, -0.1) is 0 Å². The number of rotatable bonds is 10. The predicted molar refractivity (Wildman–Crippen MR) is 194 cm³/mol. The van der Waals surface area contributed by atoms with Crippen LogP contribution in [0.1, 0.15) is 43.5 Å². The van der Waals surface area contributed by atoms with E-state index in [0.717, 1.165) is 27.5 Å². The molecule has 1 amide bonds. The van der Waals surface area contributed by atoms with Crippen LogP contribution >= 0.6 is 27.3 Å². The van der Waals surface area contributed by atoms with E-state index in [4.69, 9.17) is 19.2 Å². The molecule has 0 fully saturated rings. The molecule has 1 aliphatic heterocycles. The van der Waals surface area contributed by atoms with Crippen LogP contribution in [-0.4, -0.2) is 42.7 Å². The molecule has 1 aliphatic rings. The summed E-state index contributed by atoms with van der Waals surface area (Å²) in [6, 6.07) is 24.7. The van der Waals surface area contributed by atoms with Gasteiger partial charge in [-0.25, -0.2) is 4.99 Å². The van der Waals surface area contributed by atoms with E-state index in [1.165, 1.54) is 11.3 Å². The number of methoxy groups -OCH3 is 2. The van der Waals surface area contributed by atoms with Gasteiger partial charge in [0.25, 0.3) is 11.5 Å². The minimum Gasteiger partial charge on any atom is -0.496 e. The Morgan fingerprint density at radius 1 is 0.979 bits per heavy atom. The number of carbonyl (C=O) groups excluding carboxylic acids is 1. The lowest BCUT2D eigenvalue weighted by Crippen LogP contribution is -2.43. The van der Waals surface area contributed by atoms with Gasteiger partial charge in [-0.1, -0.05) is 72.0 Å². The molecule has 0 N–H and O–H groups in total. The van der Waals surface area contributed by atoms with Crippen molar-refractivity contribution in [2.75, 3.05) is 27.3 Å². The second-order valence-corrected chi connectivity index (χ2v) is 13.1. The van der Waals surface area contributed by atoms with Gasteiger partial charge in [0.2, 0.25) is 0 Å². The number of halogens is 1. The molecule has 8 nitrogen and oxygen atoms in total. The topological polar surface area (TPSA) is 82.4 Å². The first kappa shape index (κ1) is 33.2. The predicted octanol–water partition coefficient (Wildman–Crippen LogP) is 6.62. The lowest BCUT2D eigenvalue weighted by molar-refractivity contribution is -0.127. The van der Waals surface area contributed by atoms with E-state index < -0.39 is 6.04 Å². The number of thiazole rings is 1. The van der Waals surface area contributed by atoms with Gasteiger partial charge < -0.3 is 19.1 Å². The van der Waals surface area contributed by atoms with Crippen molar-refractivity contribution in [1.29, 1.82) is 0 Å². The standard InChI is InChI=1S/C38H36BrN3O5S/c1-6-41(7-2)37(44)32-23(3)40-38-42(34(32)33-27-16-12-11-15-26(27)17-18-29(33)45-4)36(43)31(48-38)21-25-19-28(39)35(30(20-25)46-5)47-22-24-13-9-8-10-14-24/h8-21,34H,6-7,22H2,1-5H3/b31-21+/t34-/m1/s1. The number of benzene rings is 4. The van der Waals surface area contributed by atoms with Gasteiger partial charge in [0.05, 0.1) is 34.5 Å². The molecule has 0 saturated carbocycles. The van der Waals surface area contributed by atoms with Crippen LogP contribution in [-0.2, 0) is 11.4 Å². The van der Waals surface area contributed by atoms with Crippen molar-refractivity contribution in [3.05, 3.63) is 131 Å². The Morgan fingerprint density at radius 2 is 1.69 bits per heavy atom. The number of aromatic nitrogens is 1. The van der Waals surface area contributed by atoms with Gasteiger partial charge in [0.15, 0.2) is 16.3 Å². The molecular weight excluding hydrogens is 690 g/mol. The molecule has 246 valence electrons. The van der Waals surface area contributed by atoms with Crippen LogP contribution in [0.4, 0.5) is 0 Å². The van der Waals surface area contributed by atoms with Crippen molar-refractivity contribution < 1.29 is 19.0 Å². The summed E-state index contributed by atoms with van der Waals surface area (Å²) < 4.78 is 20.6. The number of likely N-dealkylation sites (N-methyl/N-ethyl adjacent to an activating group) is 1. The van der Waals surface area contributed by atoms with Gasteiger partial charge in [-0.2, -0.15) is 0 Å². The molecule has 0 bridgehead atoms. The molecule has 2 heterocycles. The molecule has 4 aromatic carbocycles. The minimum atomic E-state index is -0.757. The van der Waals surface area contributed by atoms with Crippen LogP contribution in [0.2, 0.25) is 0 Å². The molecule has 0 aliphatic carbocycles. The van der Waals surface area contributed by atoms with E-state index in [1.807, 2.05) is 106 Å². The first-order chi connectivity index (χ1) is 23.3. The summed E-state index contributed by atoms with van der Waals surface area (Å²) in [6.07, 6.45) is 1.82. The maximum Gasteiger partial charge on any atom is 0.271 e. The lowest BCUT2D eigenvalue weighted by Gasteiger charge is -2.30. The van der Waals surface area contributed by atoms with E-state index in [0.29, 0.717) is 62.0 Å². The van der Waals surface area contributed by atoms with Crippen molar-refractivity contribution in [2.45, 2.75) is 33.4 Å². The Bertz CT molecular complexity index is 2220. The van der Waals surface area contributed by atoms with Crippen LogP contribution in [0.5, 0.6) is 17.2 Å². The van der Waals surface area contributed by atoms with Gasteiger partial charge in [-0.3, -0.25) is 14.2 Å². The Labute approximate surface area is 291 Å². The fourth-order valence-electron chi connectivity index (χ4n) is 6.13. The number of nitrogens with zero attached hydrogens (tertiary/aromatic N) is 3. The summed E-state index contributed by atoms with van der Waals surface area (Å²) in [6.45, 7) is 7.16. The number of allylic oxidation sites excluding steroid dienone is 1. The van der Waals surface area contributed by atoms with Gasteiger partial charge in [-0.05, 0) is 82.9 Å². The highest BCUT2D eigenvalue weighted by Crippen LogP contribution is 2.41. The monoisotopic (exact) mass is 725 g/mol. The largest absolute Gasteiger partial charge is 0.496 e. The van der Waals surface area contributed by atoms with Crippen molar-refractivity contribution >= 4 is 50.0 Å². The molecule has 0 unspecified atom stereocenters. The molecule has 0 radical (unpaired) electrons. The Kier molecular flexibility index (Phi) is 9.84. The highest BCUT2D eigenvalue weighted by Gasteiger charge is 2.36. The Morgan fingerprint density at radius 3 is 2.40 bits per heavy atom. The SMILES string of the molecule is CCN(CC)C(=O)C1=C(C)N=c2s/c(=C/c3cc(Br)c(OCc4ccccc4)c(OC)c3)c(=O)n2[C@H]1c1c(OC)ccc2ccccc12. The van der Waals surface area contributed by atoms with Crippen molar-refractivity contribution in [1.82, 2.24) is 9.47 Å². The molecule has 0 saturated heterocycles. The van der Waals surface area contributed by atoms with E-state index >= 15 is 0 Å². The van der Waals surface area contributed by atoms with E-state index in [9.17, 15) is 9.59 Å². The quantitative estimate of drug-likeness (QED) is 0.162. The molecule has 1 atom stereocenters. The third-order valence-corrected chi connectivity index (χ3v) is 10.1. The van der Waals surface area contributed by atoms with Crippen molar-refractivity contribution in [3.8, 4) is 17.2 Å². The average molecular weight is 727 g/mol. The first-order valence-corrected chi connectivity index (χ1v) is 17.3. The molecule has 48 heavy (non-hydrogen) atoms. The zero-order chi connectivity index (χ0) is 33.9. The summed E-state index contributed by atoms with van der Waals surface area (Å²) in [5, 5.41) is 1.88. The highest BCUT2D eigenvalue weighted by atomic mass is 79.9. The van der Waals surface area contributed by atoms with Crippen LogP contribution in [0.15, 0.2) is 104 Å². The van der Waals surface area contributed by atoms with Crippen molar-refractivity contribution in [3.63, 3.8) is 0 Å². The molecule has 6 rings (SSSR count). The van der Waals surface area contributed by atoms with Gasteiger partial charge in [0.1, 0.15) is 18.4 Å². The molecule has 5 aromatic rings. The van der Waals surface area contributed by atoms with E-state index in [-0.39, 0.29) is 11.5 Å². The average Bonchev–Trinajstić information content (AvgIpc) is 3.40. The van der Waals surface area contributed by atoms with Crippen LogP contribution < -0.4 is 29.1 Å². The summed E-state index contributed by atoms with van der Waals surface area (Å²) in [5.74, 6) is 1.53. The minimum absolute atomic E-state index is 0.157. The van der Waals surface area contributed by atoms with Gasteiger partial charge >= 0.3 is 0 Å². The molecule has 0 spiro atoms. The normalized spacial score (nSPS) is 14.5. The van der Waals surface area contributed by atoms with Crippen molar-refractivity contribution in [2.24, 2.45) is 4.99 Å². The third-order valence-electron chi connectivity index (χ3n) is 8.50. The summed E-state index contributed by atoms with van der Waals surface area (Å²) >= 11 is 4.94. The number of hydrogen-bond acceptors (Lipinski definition) is 7. The fourth-order valence-corrected chi connectivity index (χ4v) is 7.75. The first-order valence-electron chi connectivity index (χ1n) is 15.7. The zero-order valence-electron chi connectivity index (χ0n) is 27.5. The van der Waals surface area contributed by atoms with E-state index in [2.05, 4.69) is 15.9 Å². The highest BCUT2D eigenvalue weighted by molar-refractivity contribution is 9.10. The number of ether oxygens (including phenoxy) is 3. The zero-order valence-corrected chi connectivity index (χ0v) is 29.9. The Balaban J connectivity index is 1.52. The molecule has 1 aromatic heterocycles. The Hall–Kier alpha value is -4.67.